The zero-order valence-electron chi connectivity index (χ0n) is 9.17. The van der Waals surface area contributed by atoms with E-state index in [1.807, 2.05) is 0 Å². The van der Waals surface area contributed by atoms with Crippen molar-refractivity contribution in [1.29, 1.82) is 0 Å². The lowest BCUT2D eigenvalue weighted by molar-refractivity contribution is -0.149. The minimum atomic E-state index is -4.46. The Morgan fingerprint density at radius 1 is 1.18 bits per heavy atom. The fraction of sp³-hybridized carbons (Fsp3) is 0.455. The smallest absolute Gasteiger partial charge is 0.407 e. The van der Waals surface area contributed by atoms with Crippen LogP contribution in [-0.2, 0) is 0 Å². The van der Waals surface area contributed by atoms with Crippen LogP contribution in [0.15, 0.2) is 12.1 Å². The van der Waals surface area contributed by atoms with E-state index in [2.05, 4.69) is 0 Å². The molecule has 0 radical (unpaired) electrons. The van der Waals surface area contributed by atoms with Crippen LogP contribution in [-0.4, -0.2) is 19.4 Å². The lowest BCUT2D eigenvalue weighted by atomic mass is 10.0. The predicted octanol–water partition coefficient (Wildman–Crippen LogP) is 2.33. The van der Waals surface area contributed by atoms with Crippen molar-refractivity contribution >= 4 is 0 Å². The molecular weight excluding hydrogens is 235 g/mol. The van der Waals surface area contributed by atoms with Gasteiger partial charge in [-0.25, -0.2) is 0 Å². The number of alkyl halides is 3. The molecule has 0 aromatic heterocycles. The molecule has 1 heterocycles. The summed E-state index contributed by atoms with van der Waals surface area (Å²) in [6.07, 6.45) is -4.46. The largest absolute Gasteiger partial charge is 0.486 e. The first-order valence-corrected chi connectivity index (χ1v) is 5.12. The molecule has 6 heteroatoms. The van der Waals surface area contributed by atoms with Crippen molar-refractivity contribution in [2.45, 2.75) is 19.1 Å². The van der Waals surface area contributed by atoms with Gasteiger partial charge < -0.3 is 15.2 Å². The van der Waals surface area contributed by atoms with Gasteiger partial charge in [0.25, 0.3) is 0 Å². The van der Waals surface area contributed by atoms with Crippen molar-refractivity contribution in [2.24, 2.45) is 5.73 Å². The van der Waals surface area contributed by atoms with Crippen molar-refractivity contribution in [3.63, 3.8) is 0 Å². The third-order valence-electron chi connectivity index (χ3n) is 2.62. The maximum absolute atomic E-state index is 12.5. The van der Waals surface area contributed by atoms with Crippen LogP contribution in [0.4, 0.5) is 13.2 Å². The normalized spacial score (nSPS) is 16.8. The van der Waals surface area contributed by atoms with E-state index < -0.39 is 12.2 Å². The minimum absolute atomic E-state index is 0.0155. The number of nitrogens with two attached hydrogens (primary N) is 1. The molecule has 1 aliphatic heterocycles. The fourth-order valence-electron chi connectivity index (χ4n) is 1.72. The Morgan fingerprint density at radius 3 is 2.24 bits per heavy atom. The highest BCUT2D eigenvalue weighted by atomic mass is 19.4. The highest BCUT2D eigenvalue weighted by molar-refractivity contribution is 5.49. The van der Waals surface area contributed by atoms with Gasteiger partial charge >= 0.3 is 6.18 Å². The van der Waals surface area contributed by atoms with Gasteiger partial charge in [-0.05, 0) is 30.2 Å². The molecule has 2 rings (SSSR count). The van der Waals surface area contributed by atoms with Gasteiger partial charge in [0.2, 0.25) is 0 Å². The first-order chi connectivity index (χ1) is 7.89. The predicted molar refractivity (Wildman–Crippen MR) is 55.2 cm³/mol. The molecule has 3 nitrogen and oxygen atoms in total. The number of aryl methyl sites for hydroxylation is 1. The van der Waals surface area contributed by atoms with Gasteiger partial charge in [0, 0.05) is 0 Å². The van der Waals surface area contributed by atoms with Crippen molar-refractivity contribution < 1.29 is 22.6 Å². The van der Waals surface area contributed by atoms with Crippen LogP contribution in [0.1, 0.15) is 17.2 Å². The van der Waals surface area contributed by atoms with Crippen molar-refractivity contribution in [3.8, 4) is 11.5 Å². The summed E-state index contributed by atoms with van der Waals surface area (Å²) < 4.78 is 48.2. The molecule has 2 N–H and O–H groups in total. The van der Waals surface area contributed by atoms with Crippen molar-refractivity contribution in [2.75, 3.05) is 13.2 Å². The van der Waals surface area contributed by atoms with E-state index in [0.29, 0.717) is 30.3 Å². The Morgan fingerprint density at radius 2 is 1.71 bits per heavy atom. The molecule has 1 aromatic carbocycles. The number of fused-ring (bicyclic) bond motifs is 1. The number of benzene rings is 1. The molecule has 17 heavy (non-hydrogen) atoms. The third-order valence-corrected chi connectivity index (χ3v) is 2.62. The Hall–Kier alpha value is -1.43. The maximum Gasteiger partial charge on any atom is 0.407 e. The first-order valence-electron chi connectivity index (χ1n) is 5.12. The Balaban J connectivity index is 2.41. The van der Waals surface area contributed by atoms with E-state index >= 15 is 0 Å². The molecule has 0 amide bonds. The Labute approximate surface area is 96.3 Å². The van der Waals surface area contributed by atoms with Gasteiger partial charge in [0.15, 0.2) is 11.5 Å². The van der Waals surface area contributed by atoms with E-state index in [9.17, 15) is 13.2 Å². The summed E-state index contributed by atoms with van der Waals surface area (Å²) in [5.41, 5.74) is 5.64. The molecular formula is C11H12F3NO2. The summed E-state index contributed by atoms with van der Waals surface area (Å²) in [5, 5.41) is 0. The SMILES string of the molecule is Cc1cc2c(cc1C(N)C(F)(F)F)OCCO2. The number of hydrogen-bond acceptors (Lipinski definition) is 3. The highest BCUT2D eigenvalue weighted by Crippen LogP contribution is 2.38. The molecule has 0 spiro atoms. The second-order valence-corrected chi connectivity index (χ2v) is 3.87. The van der Waals surface area contributed by atoms with Gasteiger partial charge in [0.1, 0.15) is 19.3 Å². The molecule has 1 atom stereocenters. The lowest BCUT2D eigenvalue weighted by Gasteiger charge is -2.23. The molecule has 1 unspecified atom stereocenters. The van der Waals surface area contributed by atoms with Crippen molar-refractivity contribution in [1.82, 2.24) is 0 Å². The average Bonchev–Trinajstić information content (AvgIpc) is 2.26. The van der Waals surface area contributed by atoms with Crippen LogP contribution >= 0.6 is 0 Å². The van der Waals surface area contributed by atoms with Gasteiger partial charge in [-0.1, -0.05) is 0 Å². The quantitative estimate of drug-likeness (QED) is 0.828. The monoisotopic (exact) mass is 247 g/mol. The average molecular weight is 247 g/mol. The lowest BCUT2D eigenvalue weighted by Crippen LogP contribution is -2.29. The molecule has 1 aromatic rings. The standard InChI is InChI=1S/C11H12F3NO2/c1-6-4-8-9(17-3-2-16-8)5-7(6)10(15)11(12,13)14/h4-5,10H,2-3,15H2,1H3. The minimum Gasteiger partial charge on any atom is -0.486 e. The summed E-state index contributed by atoms with van der Waals surface area (Å²) in [5.74, 6) is 0.781. The van der Waals surface area contributed by atoms with Crippen LogP contribution in [0.5, 0.6) is 11.5 Å². The van der Waals surface area contributed by atoms with E-state index in [-0.39, 0.29) is 5.56 Å². The van der Waals surface area contributed by atoms with E-state index in [1.54, 1.807) is 6.92 Å². The van der Waals surface area contributed by atoms with Crippen LogP contribution in [0.25, 0.3) is 0 Å². The van der Waals surface area contributed by atoms with Gasteiger partial charge in [-0.3, -0.25) is 0 Å². The van der Waals surface area contributed by atoms with Crippen LogP contribution in [0.3, 0.4) is 0 Å². The Bertz CT molecular complexity index is 431. The summed E-state index contributed by atoms with van der Waals surface area (Å²) in [6, 6.07) is 0.829. The Kier molecular flexibility index (Phi) is 2.91. The van der Waals surface area contributed by atoms with Crippen LogP contribution in [0, 0.1) is 6.92 Å². The van der Waals surface area contributed by atoms with Gasteiger partial charge in [-0.15, -0.1) is 0 Å². The number of ether oxygens (including phenoxy) is 2. The maximum atomic E-state index is 12.5. The molecule has 0 saturated carbocycles. The molecule has 0 fully saturated rings. The second-order valence-electron chi connectivity index (χ2n) is 3.87. The zero-order valence-corrected chi connectivity index (χ0v) is 9.17. The summed E-state index contributed by atoms with van der Waals surface area (Å²) >= 11 is 0. The van der Waals surface area contributed by atoms with Gasteiger partial charge in [0.05, 0.1) is 0 Å². The summed E-state index contributed by atoms with van der Waals surface area (Å²) in [7, 11) is 0. The van der Waals surface area contributed by atoms with E-state index in [4.69, 9.17) is 15.2 Å². The van der Waals surface area contributed by atoms with Crippen LogP contribution < -0.4 is 15.2 Å². The third kappa shape index (κ3) is 2.31. The second kappa shape index (κ2) is 4.10. The highest BCUT2D eigenvalue weighted by Gasteiger charge is 2.39. The topological polar surface area (TPSA) is 44.5 Å². The number of halogens is 3. The number of hydrogen-bond donors (Lipinski definition) is 1. The molecule has 0 saturated heterocycles. The van der Waals surface area contributed by atoms with E-state index in [0.717, 1.165) is 0 Å². The summed E-state index contributed by atoms with van der Waals surface area (Å²) in [4.78, 5) is 0. The van der Waals surface area contributed by atoms with Crippen molar-refractivity contribution in [3.05, 3.63) is 23.3 Å². The van der Waals surface area contributed by atoms with Gasteiger partial charge in [-0.2, -0.15) is 13.2 Å². The zero-order chi connectivity index (χ0) is 12.6. The molecule has 0 bridgehead atoms. The van der Waals surface area contributed by atoms with Crippen LogP contribution in [0.2, 0.25) is 0 Å². The fourth-order valence-corrected chi connectivity index (χ4v) is 1.72. The molecule has 0 aliphatic carbocycles. The first kappa shape index (κ1) is 12.0. The molecule has 1 aliphatic rings. The summed E-state index contributed by atoms with van der Waals surface area (Å²) in [6.45, 7) is 2.30. The van der Waals surface area contributed by atoms with E-state index in [1.165, 1.54) is 12.1 Å². The molecule has 94 valence electrons. The number of rotatable bonds is 1.